The van der Waals surface area contributed by atoms with Gasteiger partial charge in [0.1, 0.15) is 5.69 Å². The third-order valence-electron chi connectivity index (χ3n) is 4.62. The summed E-state index contributed by atoms with van der Waals surface area (Å²) < 4.78 is 1.64. The largest absolute Gasteiger partial charge is 0.481 e. The van der Waals surface area contributed by atoms with E-state index in [0.29, 0.717) is 18.5 Å². The summed E-state index contributed by atoms with van der Waals surface area (Å²) in [7, 11) is 0. The quantitative estimate of drug-likeness (QED) is 0.846. The van der Waals surface area contributed by atoms with E-state index in [4.69, 9.17) is 0 Å². The SMILES string of the molecule is CC(NC(=O)CC1(C(=O)O)CCC1)c1cn(-c2ccccc2)nn1. The van der Waals surface area contributed by atoms with E-state index in [1.807, 2.05) is 37.3 Å². The number of aliphatic carboxylic acids is 1. The molecule has 2 N–H and O–H groups in total. The molecule has 1 aliphatic rings. The molecule has 2 aromatic rings. The summed E-state index contributed by atoms with van der Waals surface area (Å²) in [6.45, 7) is 1.81. The molecular weight excluding hydrogens is 308 g/mol. The molecule has 0 bridgehead atoms. The van der Waals surface area contributed by atoms with Crippen molar-refractivity contribution in [3.63, 3.8) is 0 Å². The predicted octanol–water partition coefficient (Wildman–Crippen LogP) is 2.09. The van der Waals surface area contributed by atoms with Crippen LogP contribution < -0.4 is 5.32 Å². The molecule has 1 heterocycles. The summed E-state index contributed by atoms with van der Waals surface area (Å²) in [6.07, 6.45) is 3.76. The fourth-order valence-electron chi connectivity index (χ4n) is 2.93. The van der Waals surface area contributed by atoms with Crippen molar-refractivity contribution < 1.29 is 14.7 Å². The van der Waals surface area contributed by atoms with E-state index in [1.54, 1.807) is 10.9 Å². The second-order valence-electron chi connectivity index (χ2n) is 6.33. The maximum absolute atomic E-state index is 12.2. The third-order valence-corrected chi connectivity index (χ3v) is 4.62. The Morgan fingerprint density at radius 1 is 1.33 bits per heavy atom. The number of para-hydroxylation sites is 1. The number of carboxylic acids is 1. The average molecular weight is 328 g/mol. The average Bonchev–Trinajstić information content (AvgIpc) is 3.01. The number of carbonyl (C=O) groups excluding carboxylic acids is 1. The maximum atomic E-state index is 12.2. The summed E-state index contributed by atoms with van der Waals surface area (Å²) in [5, 5.41) is 20.3. The van der Waals surface area contributed by atoms with Crippen LogP contribution in [0.5, 0.6) is 0 Å². The van der Waals surface area contributed by atoms with Crippen LogP contribution in [0.3, 0.4) is 0 Å². The standard InChI is InChI=1S/C17H20N4O3/c1-12(18-15(22)10-17(16(23)24)8-5-9-17)14-11-21(20-19-14)13-6-3-2-4-7-13/h2-4,6-7,11-12H,5,8-10H2,1H3,(H,18,22)(H,23,24). The molecule has 0 saturated heterocycles. The molecule has 3 rings (SSSR count). The number of amides is 1. The number of nitrogens with one attached hydrogen (secondary N) is 1. The minimum Gasteiger partial charge on any atom is -0.481 e. The first-order chi connectivity index (χ1) is 11.5. The van der Waals surface area contributed by atoms with Crippen LogP contribution in [0.4, 0.5) is 0 Å². The van der Waals surface area contributed by atoms with Gasteiger partial charge in [0.2, 0.25) is 5.91 Å². The lowest BCUT2D eigenvalue weighted by atomic mass is 9.66. The van der Waals surface area contributed by atoms with E-state index in [-0.39, 0.29) is 18.4 Å². The Hall–Kier alpha value is -2.70. The first-order valence-electron chi connectivity index (χ1n) is 8.01. The molecule has 1 saturated carbocycles. The number of aromatic nitrogens is 3. The van der Waals surface area contributed by atoms with Crippen molar-refractivity contribution in [3.8, 4) is 5.69 Å². The summed E-state index contributed by atoms with van der Waals surface area (Å²) in [4.78, 5) is 23.5. The molecule has 24 heavy (non-hydrogen) atoms. The van der Waals surface area contributed by atoms with Crippen molar-refractivity contribution in [1.82, 2.24) is 20.3 Å². The summed E-state index contributed by atoms with van der Waals surface area (Å²) in [6, 6.07) is 9.23. The molecular formula is C17H20N4O3. The lowest BCUT2D eigenvalue weighted by Crippen LogP contribution is -2.43. The van der Waals surface area contributed by atoms with Gasteiger partial charge >= 0.3 is 5.97 Å². The van der Waals surface area contributed by atoms with Crippen molar-refractivity contribution in [1.29, 1.82) is 0 Å². The van der Waals surface area contributed by atoms with Gasteiger partial charge in [-0.05, 0) is 31.9 Å². The molecule has 1 aromatic heterocycles. The highest BCUT2D eigenvalue weighted by Gasteiger charge is 2.46. The van der Waals surface area contributed by atoms with Crippen molar-refractivity contribution in [3.05, 3.63) is 42.2 Å². The van der Waals surface area contributed by atoms with Gasteiger partial charge in [0.25, 0.3) is 0 Å². The minimum atomic E-state index is -0.883. The van der Waals surface area contributed by atoms with Gasteiger partial charge in [-0.15, -0.1) is 5.10 Å². The molecule has 1 amide bonds. The summed E-state index contributed by atoms with van der Waals surface area (Å²) >= 11 is 0. The third kappa shape index (κ3) is 3.15. The lowest BCUT2D eigenvalue weighted by Gasteiger charge is -2.37. The Kier molecular flexibility index (Phi) is 4.33. The molecule has 126 valence electrons. The lowest BCUT2D eigenvalue weighted by molar-refractivity contribution is -0.157. The van der Waals surface area contributed by atoms with Crippen LogP contribution >= 0.6 is 0 Å². The highest BCUT2D eigenvalue weighted by Crippen LogP contribution is 2.44. The topological polar surface area (TPSA) is 97.1 Å². The molecule has 0 aliphatic heterocycles. The van der Waals surface area contributed by atoms with Gasteiger partial charge in [-0.2, -0.15) is 0 Å². The van der Waals surface area contributed by atoms with Gasteiger partial charge in [0, 0.05) is 6.42 Å². The van der Waals surface area contributed by atoms with Crippen molar-refractivity contribution in [2.75, 3.05) is 0 Å². The number of carboxylic acid groups (broad SMARTS) is 1. The van der Waals surface area contributed by atoms with Crippen LogP contribution in [0.2, 0.25) is 0 Å². The van der Waals surface area contributed by atoms with Crippen LogP contribution in [0.15, 0.2) is 36.5 Å². The Balaban J connectivity index is 1.63. The number of benzene rings is 1. The minimum absolute atomic E-state index is 0.0134. The number of hydrogen-bond donors (Lipinski definition) is 2. The van der Waals surface area contributed by atoms with E-state index < -0.39 is 11.4 Å². The highest BCUT2D eigenvalue weighted by atomic mass is 16.4. The Morgan fingerprint density at radius 3 is 2.62 bits per heavy atom. The van der Waals surface area contributed by atoms with Crippen LogP contribution in [-0.4, -0.2) is 32.0 Å². The smallest absolute Gasteiger partial charge is 0.310 e. The molecule has 7 nitrogen and oxygen atoms in total. The zero-order chi connectivity index (χ0) is 17.2. The van der Waals surface area contributed by atoms with Gasteiger partial charge < -0.3 is 10.4 Å². The first kappa shape index (κ1) is 16.2. The van der Waals surface area contributed by atoms with E-state index in [2.05, 4.69) is 15.6 Å². The normalized spacial score (nSPS) is 16.9. The van der Waals surface area contributed by atoms with Crippen LogP contribution in [0.25, 0.3) is 5.69 Å². The molecule has 7 heteroatoms. The van der Waals surface area contributed by atoms with Crippen LogP contribution in [0, 0.1) is 5.41 Å². The zero-order valence-electron chi connectivity index (χ0n) is 13.5. The Morgan fingerprint density at radius 2 is 2.04 bits per heavy atom. The van der Waals surface area contributed by atoms with Crippen molar-refractivity contribution in [2.45, 2.75) is 38.6 Å². The van der Waals surface area contributed by atoms with Crippen molar-refractivity contribution in [2.24, 2.45) is 5.41 Å². The molecule has 1 aliphatic carbocycles. The van der Waals surface area contributed by atoms with E-state index in [1.165, 1.54) is 0 Å². The first-order valence-corrected chi connectivity index (χ1v) is 8.01. The number of hydrogen-bond acceptors (Lipinski definition) is 4. The number of rotatable bonds is 6. The van der Waals surface area contributed by atoms with Gasteiger partial charge in [-0.3, -0.25) is 9.59 Å². The van der Waals surface area contributed by atoms with Crippen LogP contribution in [0.1, 0.15) is 44.3 Å². The summed E-state index contributed by atoms with van der Waals surface area (Å²) in [5.41, 5.74) is 0.630. The molecule has 0 spiro atoms. The van der Waals surface area contributed by atoms with Crippen LogP contribution in [-0.2, 0) is 9.59 Å². The predicted molar refractivity (Wildman–Crippen MR) is 86.5 cm³/mol. The monoisotopic (exact) mass is 328 g/mol. The van der Waals surface area contributed by atoms with Gasteiger partial charge in [0.05, 0.1) is 23.3 Å². The molecule has 1 fully saturated rings. The molecule has 1 unspecified atom stereocenters. The number of nitrogens with zero attached hydrogens (tertiary/aromatic N) is 3. The second kappa shape index (κ2) is 6.43. The highest BCUT2D eigenvalue weighted by molar-refractivity contribution is 5.85. The fourth-order valence-corrected chi connectivity index (χ4v) is 2.93. The van der Waals surface area contributed by atoms with E-state index in [9.17, 15) is 14.7 Å². The Bertz CT molecular complexity index is 737. The molecule has 1 aromatic carbocycles. The zero-order valence-corrected chi connectivity index (χ0v) is 13.5. The number of carbonyl (C=O) groups is 2. The molecule has 1 atom stereocenters. The van der Waals surface area contributed by atoms with E-state index >= 15 is 0 Å². The van der Waals surface area contributed by atoms with Gasteiger partial charge in [-0.25, -0.2) is 4.68 Å². The fraction of sp³-hybridized carbons (Fsp3) is 0.412. The van der Waals surface area contributed by atoms with E-state index in [0.717, 1.165) is 12.1 Å². The maximum Gasteiger partial charge on any atom is 0.310 e. The van der Waals surface area contributed by atoms with Gasteiger partial charge in [-0.1, -0.05) is 29.8 Å². The van der Waals surface area contributed by atoms with Gasteiger partial charge in [0.15, 0.2) is 0 Å². The van der Waals surface area contributed by atoms with Crippen molar-refractivity contribution >= 4 is 11.9 Å². The second-order valence-corrected chi connectivity index (χ2v) is 6.33. The molecule has 0 radical (unpaired) electrons. The summed E-state index contributed by atoms with van der Waals surface area (Å²) in [5.74, 6) is -1.15. The Labute approximate surface area is 139 Å².